The van der Waals surface area contributed by atoms with Crippen LogP contribution in [0.2, 0.25) is 0 Å². The van der Waals surface area contributed by atoms with E-state index in [4.69, 9.17) is 20.4 Å². The van der Waals surface area contributed by atoms with E-state index in [2.05, 4.69) is 0 Å². The maximum absolute atomic E-state index is 9.59. The fraction of sp³-hybridized carbons (Fsp3) is 0.500. The van der Waals surface area contributed by atoms with Crippen LogP contribution < -0.4 is 103 Å². The summed E-state index contributed by atoms with van der Waals surface area (Å²) in [4.78, 5) is 19.0. The molecular weight excluding hydrogens is 382 g/mol. The molecule has 0 aliphatic carbocycles. The van der Waals surface area contributed by atoms with Crippen LogP contribution in [0.25, 0.3) is 0 Å². The van der Waals surface area contributed by atoms with Gasteiger partial charge in [0.2, 0.25) is 10.9 Å². The van der Waals surface area contributed by atoms with Gasteiger partial charge in [0.1, 0.15) is 20.2 Å². The van der Waals surface area contributed by atoms with E-state index >= 15 is 0 Å². The van der Waals surface area contributed by atoms with E-state index in [1.807, 2.05) is 0 Å². The molecule has 108 valence electrons. The van der Waals surface area contributed by atoms with Crippen molar-refractivity contribution in [1.82, 2.24) is 0 Å². The first-order valence-electron chi connectivity index (χ1n) is 3.42. The molecule has 20 heavy (non-hydrogen) atoms. The van der Waals surface area contributed by atoms with Crippen molar-refractivity contribution in [3.8, 4) is 0 Å². The molecule has 12 nitrogen and oxygen atoms in total. The average Bonchev–Trinajstić information content (AvgIpc) is 2.13. The fourth-order valence-corrected chi connectivity index (χ4v) is 0.741. The van der Waals surface area contributed by atoms with E-state index in [1.54, 1.807) is 0 Å². The van der Waals surface area contributed by atoms with Gasteiger partial charge in [-0.2, -0.15) is 0 Å². The van der Waals surface area contributed by atoms with Crippen molar-refractivity contribution in [3.05, 3.63) is 0 Å². The standard InChI is InChI=1S/2C2H4O6S.2K/c2*3-1(4)2(5)9(6,7)8;;/h2*2,5H,(H,3,4)(H,6,7,8);;/q;;2*+1/p-2. The van der Waals surface area contributed by atoms with Gasteiger partial charge in [-0.25, -0.2) is 26.4 Å². The summed E-state index contributed by atoms with van der Waals surface area (Å²) in [5, 5.41) is 31.3. The number of hydrogen-bond acceptors (Lipinski definition) is 10. The second-order valence-electron chi connectivity index (χ2n) is 2.37. The molecule has 0 aliphatic heterocycles. The van der Waals surface area contributed by atoms with Crippen molar-refractivity contribution in [2.75, 3.05) is 0 Å². The van der Waals surface area contributed by atoms with E-state index in [0.717, 1.165) is 0 Å². The van der Waals surface area contributed by atoms with Gasteiger partial charge in [-0.3, -0.25) is 0 Å². The van der Waals surface area contributed by atoms with Crippen molar-refractivity contribution in [2.24, 2.45) is 0 Å². The average molecular weight is 388 g/mol. The molecule has 0 saturated heterocycles. The molecule has 0 aromatic carbocycles. The molecule has 0 aromatic heterocycles. The molecule has 0 fully saturated rings. The number of aliphatic hydroxyl groups is 2. The second kappa shape index (κ2) is 12.4. The van der Waals surface area contributed by atoms with Crippen molar-refractivity contribution in [3.63, 3.8) is 0 Å². The number of rotatable bonds is 4. The molecule has 2 unspecified atom stereocenters. The van der Waals surface area contributed by atoms with Gasteiger partial charge in [-0.15, -0.1) is 0 Å². The fourth-order valence-electron chi connectivity index (χ4n) is 0.247. The molecule has 0 saturated carbocycles. The summed E-state index contributed by atoms with van der Waals surface area (Å²) in [6.45, 7) is 0. The van der Waals surface area contributed by atoms with Crippen LogP contribution in [0.5, 0.6) is 0 Å². The summed E-state index contributed by atoms with van der Waals surface area (Å²) in [6, 6.07) is 0. The largest absolute Gasteiger partial charge is 1.00 e. The van der Waals surface area contributed by atoms with E-state index in [0.29, 0.717) is 0 Å². The summed E-state index contributed by atoms with van der Waals surface area (Å²) in [6.07, 6.45) is 0. The van der Waals surface area contributed by atoms with Crippen LogP contribution in [-0.2, 0) is 29.8 Å². The first-order valence-corrected chi connectivity index (χ1v) is 6.36. The minimum atomic E-state index is -5.10. The Morgan fingerprint density at radius 1 is 0.750 bits per heavy atom. The van der Waals surface area contributed by atoms with Crippen LogP contribution in [0.15, 0.2) is 0 Å². The molecule has 2 atom stereocenters. The predicted octanol–water partition coefficient (Wildman–Crippen LogP) is -10.1. The number of carboxylic acid groups (broad SMARTS) is 2. The number of hydrogen-bond donors (Lipinski definition) is 4. The Bertz CT molecular complexity index is 460. The zero-order valence-electron chi connectivity index (χ0n) is 10.0. The maximum Gasteiger partial charge on any atom is 1.00 e. The summed E-state index contributed by atoms with van der Waals surface area (Å²) < 4.78 is 57.5. The normalized spacial score (nSPS) is 13.4. The zero-order valence-corrected chi connectivity index (χ0v) is 17.9. The molecule has 16 heteroatoms. The van der Waals surface area contributed by atoms with Crippen LogP contribution in [-0.4, -0.2) is 69.2 Å². The molecule has 0 amide bonds. The van der Waals surface area contributed by atoms with Gasteiger partial charge in [0.15, 0.2) is 0 Å². The predicted molar refractivity (Wildman–Crippen MR) is 46.7 cm³/mol. The Labute approximate surface area is 197 Å². The smallest absolute Gasteiger partial charge is 0.745 e. The Hall–Kier alpha value is 1.95. The first-order chi connectivity index (χ1) is 7.71. The van der Waals surface area contributed by atoms with Crippen LogP contribution in [0.1, 0.15) is 0 Å². The monoisotopic (exact) mass is 388 g/mol. The third kappa shape index (κ3) is 14.9. The topological polar surface area (TPSA) is 229 Å². The molecule has 4 N–H and O–H groups in total. The molecule has 0 aliphatic rings. The van der Waals surface area contributed by atoms with Gasteiger partial charge >= 0.3 is 115 Å². The number of aliphatic carboxylic acids is 2. The number of aliphatic hydroxyl groups excluding tert-OH is 2. The van der Waals surface area contributed by atoms with Crippen LogP contribution in [0.4, 0.5) is 0 Å². The van der Waals surface area contributed by atoms with Crippen molar-refractivity contribution in [2.45, 2.75) is 10.9 Å². The minimum absolute atomic E-state index is 0. The van der Waals surface area contributed by atoms with Crippen molar-refractivity contribution < 1.29 is 159 Å². The van der Waals surface area contributed by atoms with Crippen molar-refractivity contribution in [1.29, 1.82) is 0 Å². The van der Waals surface area contributed by atoms with Gasteiger partial charge < -0.3 is 29.5 Å². The Morgan fingerprint density at radius 2 is 0.900 bits per heavy atom. The first kappa shape index (κ1) is 29.9. The van der Waals surface area contributed by atoms with Crippen LogP contribution >= 0.6 is 0 Å². The SMILES string of the molecule is O=C(O)C(O)S(=O)(=O)[O-].O=C(O)C(O)S(=O)(=O)[O-].[K+].[K+]. The molecular formula is C4H6K2O12S2. The molecule has 0 spiro atoms. The Morgan fingerprint density at radius 3 is 0.900 bits per heavy atom. The number of carboxylic acids is 2. The van der Waals surface area contributed by atoms with Crippen molar-refractivity contribution >= 4 is 32.2 Å². The van der Waals surface area contributed by atoms with Gasteiger partial charge in [0, 0.05) is 0 Å². The molecule has 0 bridgehead atoms. The van der Waals surface area contributed by atoms with Gasteiger partial charge in [-0.1, -0.05) is 0 Å². The van der Waals surface area contributed by atoms with E-state index in [1.165, 1.54) is 0 Å². The molecule has 0 heterocycles. The third-order valence-electron chi connectivity index (χ3n) is 0.969. The van der Waals surface area contributed by atoms with E-state index < -0.39 is 43.0 Å². The maximum atomic E-state index is 9.59. The molecule has 0 rings (SSSR count). The van der Waals surface area contributed by atoms with E-state index in [-0.39, 0.29) is 103 Å². The van der Waals surface area contributed by atoms with Crippen LogP contribution in [0, 0.1) is 0 Å². The summed E-state index contributed by atoms with van der Waals surface area (Å²) in [7, 11) is -10.2. The molecule has 0 aromatic rings. The summed E-state index contributed by atoms with van der Waals surface area (Å²) in [5.41, 5.74) is -5.70. The molecule has 0 radical (unpaired) electrons. The van der Waals surface area contributed by atoms with Crippen LogP contribution in [0.3, 0.4) is 0 Å². The third-order valence-corrected chi connectivity index (χ3v) is 2.47. The quantitative estimate of drug-likeness (QED) is 0.260. The summed E-state index contributed by atoms with van der Waals surface area (Å²) in [5.74, 6) is -4.13. The van der Waals surface area contributed by atoms with Gasteiger partial charge in [0.25, 0.3) is 0 Å². The Kier molecular flexibility index (Phi) is 18.5. The van der Waals surface area contributed by atoms with E-state index in [9.17, 15) is 35.5 Å². The summed E-state index contributed by atoms with van der Waals surface area (Å²) >= 11 is 0. The zero-order chi connectivity index (χ0) is 15.3. The number of carbonyl (C=O) groups is 2. The Balaban J connectivity index is -0.000000116. The minimum Gasteiger partial charge on any atom is -0.745 e. The second-order valence-corrected chi connectivity index (χ2v) is 5.23. The van der Waals surface area contributed by atoms with Gasteiger partial charge in [-0.05, 0) is 0 Å². The van der Waals surface area contributed by atoms with Gasteiger partial charge in [0.05, 0.1) is 0 Å².